The summed E-state index contributed by atoms with van der Waals surface area (Å²) in [7, 11) is -3.69. The minimum Gasteiger partial charge on any atom is -0.274 e. The van der Waals surface area contributed by atoms with E-state index in [1.165, 1.54) is 4.90 Å². The van der Waals surface area contributed by atoms with E-state index in [9.17, 15) is 18.0 Å². The minimum atomic E-state index is -3.69. The highest BCUT2D eigenvalue weighted by molar-refractivity contribution is 7.89. The summed E-state index contributed by atoms with van der Waals surface area (Å²) in [6, 6.07) is 17.0. The first-order valence-electron chi connectivity index (χ1n) is 10.0. The Kier molecular flexibility index (Phi) is 6.09. The van der Waals surface area contributed by atoms with Crippen LogP contribution in [0.4, 0.5) is 0 Å². The third-order valence-electron chi connectivity index (χ3n) is 5.35. The normalized spacial score (nSPS) is 13.8. The second-order valence-corrected chi connectivity index (χ2v) is 9.50. The van der Waals surface area contributed by atoms with Crippen molar-refractivity contribution in [1.29, 1.82) is 0 Å². The lowest BCUT2D eigenvalue weighted by molar-refractivity contribution is 0.0651. The number of imide groups is 1. The highest BCUT2D eigenvalue weighted by Gasteiger charge is 2.34. The molecular weight excluding hydrogens is 436 g/mol. The zero-order chi connectivity index (χ0) is 22.0. The van der Waals surface area contributed by atoms with Gasteiger partial charge in [-0.05, 0) is 37.1 Å². The molecule has 0 saturated carbocycles. The van der Waals surface area contributed by atoms with Crippen molar-refractivity contribution in [2.75, 3.05) is 13.1 Å². The number of carbonyl (C=O) groups excluding carboxylic acids is 2. The van der Waals surface area contributed by atoms with Gasteiger partial charge in [-0.15, -0.1) is 0 Å². The smallest absolute Gasteiger partial charge is 0.261 e. The molecule has 8 heteroatoms. The van der Waals surface area contributed by atoms with E-state index in [2.05, 4.69) is 4.72 Å². The zero-order valence-electron chi connectivity index (χ0n) is 16.7. The molecule has 0 atom stereocenters. The quantitative estimate of drug-likeness (QED) is 0.406. The molecule has 0 spiro atoms. The second kappa shape index (κ2) is 8.78. The van der Waals surface area contributed by atoms with E-state index in [0.717, 1.165) is 0 Å². The molecule has 0 bridgehead atoms. The van der Waals surface area contributed by atoms with Crippen molar-refractivity contribution in [2.45, 2.75) is 24.2 Å². The standard InChI is InChI=1S/C23H21ClN2O4S/c24-20-12-6-11-17-16(20)10-7-13-21(17)31(29,30)25-14-4-1-5-15-26-22(27)18-8-2-3-9-19(18)23(26)28/h2-3,6-13,25H,1,4-5,14-15H2. The third kappa shape index (κ3) is 4.21. The van der Waals surface area contributed by atoms with Crippen molar-refractivity contribution < 1.29 is 18.0 Å². The molecule has 1 heterocycles. The van der Waals surface area contributed by atoms with Crippen molar-refractivity contribution >= 4 is 44.2 Å². The van der Waals surface area contributed by atoms with E-state index < -0.39 is 10.0 Å². The maximum Gasteiger partial charge on any atom is 0.261 e. The van der Waals surface area contributed by atoms with Gasteiger partial charge in [0.05, 0.1) is 16.0 Å². The Morgan fingerprint density at radius 1 is 0.774 bits per heavy atom. The molecule has 0 radical (unpaired) electrons. The Morgan fingerprint density at radius 3 is 2.13 bits per heavy atom. The molecule has 3 aromatic carbocycles. The van der Waals surface area contributed by atoms with Gasteiger partial charge in [0, 0.05) is 28.9 Å². The summed E-state index contributed by atoms with van der Waals surface area (Å²) in [5, 5.41) is 1.77. The Hall–Kier alpha value is -2.74. The number of nitrogens with zero attached hydrogens (tertiary/aromatic N) is 1. The number of fused-ring (bicyclic) bond motifs is 2. The van der Waals surface area contributed by atoms with E-state index >= 15 is 0 Å². The summed E-state index contributed by atoms with van der Waals surface area (Å²) in [4.78, 5) is 26.2. The highest BCUT2D eigenvalue weighted by atomic mass is 35.5. The molecule has 2 amide bonds. The fourth-order valence-electron chi connectivity index (χ4n) is 3.78. The van der Waals surface area contributed by atoms with Crippen LogP contribution in [0.5, 0.6) is 0 Å². The molecule has 0 aliphatic carbocycles. The molecule has 0 aromatic heterocycles. The van der Waals surface area contributed by atoms with E-state index in [-0.39, 0.29) is 23.3 Å². The van der Waals surface area contributed by atoms with Crippen LogP contribution < -0.4 is 4.72 Å². The van der Waals surface area contributed by atoms with E-state index in [0.29, 0.717) is 52.7 Å². The van der Waals surface area contributed by atoms with Crippen molar-refractivity contribution in [1.82, 2.24) is 9.62 Å². The minimum absolute atomic E-state index is 0.193. The number of nitrogens with one attached hydrogen (secondary N) is 1. The Balaban J connectivity index is 1.30. The highest BCUT2D eigenvalue weighted by Crippen LogP contribution is 2.28. The summed E-state index contributed by atoms with van der Waals surface area (Å²) in [5.41, 5.74) is 0.880. The molecule has 0 fully saturated rings. The topological polar surface area (TPSA) is 83.6 Å². The number of benzene rings is 3. The summed E-state index contributed by atoms with van der Waals surface area (Å²) in [6.45, 7) is 0.586. The van der Waals surface area contributed by atoms with Crippen LogP contribution in [0.2, 0.25) is 5.02 Å². The van der Waals surface area contributed by atoms with Crippen LogP contribution in [0.3, 0.4) is 0 Å². The third-order valence-corrected chi connectivity index (χ3v) is 7.20. The molecule has 4 rings (SSSR count). The molecule has 160 valence electrons. The van der Waals surface area contributed by atoms with Gasteiger partial charge in [-0.3, -0.25) is 14.5 Å². The molecule has 1 aliphatic heterocycles. The van der Waals surface area contributed by atoms with Gasteiger partial charge in [0.25, 0.3) is 11.8 Å². The molecule has 3 aromatic rings. The number of hydrogen-bond acceptors (Lipinski definition) is 4. The van der Waals surface area contributed by atoms with Crippen LogP contribution >= 0.6 is 11.6 Å². The number of hydrogen-bond donors (Lipinski definition) is 1. The molecule has 1 aliphatic rings. The maximum atomic E-state index is 12.8. The summed E-state index contributed by atoms with van der Waals surface area (Å²) < 4.78 is 28.1. The first-order chi connectivity index (χ1) is 14.9. The SMILES string of the molecule is O=C1c2ccccc2C(=O)N1CCCCCNS(=O)(=O)c1cccc2c(Cl)cccc12. The lowest BCUT2D eigenvalue weighted by Gasteiger charge is -2.13. The van der Waals surface area contributed by atoms with E-state index in [1.807, 2.05) is 0 Å². The first-order valence-corrected chi connectivity index (χ1v) is 11.9. The van der Waals surface area contributed by atoms with Crippen LogP contribution in [0.25, 0.3) is 10.8 Å². The average Bonchev–Trinajstić information content (AvgIpc) is 3.01. The van der Waals surface area contributed by atoms with Crippen LogP contribution in [0.15, 0.2) is 65.6 Å². The number of rotatable bonds is 8. The summed E-state index contributed by atoms with van der Waals surface area (Å²) in [5.74, 6) is -0.535. The molecule has 6 nitrogen and oxygen atoms in total. The van der Waals surface area contributed by atoms with Crippen LogP contribution in [0.1, 0.15) is 40.0 Å². The van der Waals surface area contributed by atoms with Crippen molar-refractivity contribution in [3.05, 3.63) is 76.8 Å². The number of carbonyl (C=O) groups is 2. The lowest BCUT2D eigenvalue weighted by Crippen LogP contribution is -2.31. The van der Waals surface area contributed by atoms with E-state index in [4.69, 9.17) is 11.6 Å². The summed E-state index contributed by atoms with van der Waals surface area (Å²) >= 11 is 6.18. The second-order valence-electron chi connectivity index (χ2n) is 7.36. The molecule has 1 N–H and O–H groups in total. The molecule has 0 saturated heterocycles. The number of sulfonamides is 1. The Labute approximate surface area is 185 Å². The van der Waals surface area contributed by atoms with Crippen molar-refractivity contribution in [3.63, 3.8) is 0 Å². The lowest BCUT2D eigenvalue weighted by atomic mass is 10.1. The van der Waals surface area contributed by atoms with Gasteiger partial charge in [-0.1, -0.05) is 54.4 Å². The fourth-order valence-corrected chi connectivity index (χ4v) is 5.31. The molecule has 0 unspecified atom stereocenters. The maximum absolute atomic E-state index is 12.8. The van der Waals surface area contributed by atoms with Gasteiger partial charge in [-0.2, -0.15) is 0 Å². The van der Waals surface area contributed by atoms with Crippen LogP contribution in [0, 0.1) is 0 Å². The van der Waals surface area contributed by atoms with Gasteiger partial charge in [0.1, 0.15) is 0 Å². The largest absolute Gasteiger partial charge is 0.274 e. The fraction of sp³-hybridized carbons (Fsp3) is 0.217. The van der Waals surface area contributed by atoms with Crippen LogP contribution in [-0.4, -0.2) is 38.2 Å². The average molecular weight is 457 g/mol. The van der Waals surface area contributed by atoms with Gasteiger partial charge >= 0.3 is 0 Å². The van der Waals surface area contributed by atoms with Gasteiger partial charge in [-0.25, -0.2) is 13.1 Å². The van der Waals surface area contributed by atoms with Crippen molar-refractivity contribution in [2.24, 2.45) is 0 Å². The predicted molar refractivity (Wildman–Crippen MR) is 120 cm³/mol. The predicted octanol–water partition coefficient (Wildman–Crippen LogP) is 4.24. The number of halogens is 1. The number of amides is 2. The van der Waals surface area contributed by atoms with Crippen molar-refractivity contribution in [3.8, 4) is 0 Å². The zero-order valence-corrected chi connectivity index (χ0v) is 18.2. The monoisotopic (exact) mass is 456 g/mol. The van der Waals surface area contributed by atoms with E-state index in [1.54, 1.807) is 60.7 Å². The van der Waals surface area contributed by atoms with Gasteiger partial charge < -0.3 is 0 Å². The molecular formula is C23H21ClN2O4S. The summed E-state index contributed by atoms with van der Waals surface area (Å²) in [6.07, 6.45) is 1.88. The Morgan fingerprint density at radius 2 is 1.42 bits per heavy atom. The molecule has 31 heavy (non-hydrogen) atoms. The Bertz CT molecular complexity index is 1240. The van der Waals surface area contributed by atoms with Crippen LogP contribution in [-0.2, 0) is 10.0 Å². The number of unbranched alkanes of at least 4 members (excludes halogenated alkanes) is 2. The van der Waals surface area contributed by atoms with Gasteiger partial charge in [0.15, 0.2) is 0 Å². The first kappa shape index (κ1) is 21.5. The van der Waals surface area contributed by atoms with Gasteiger partial charge in [0.2, 0.25) is 10.0 Å².